The van der Waals surface area contributed by atoms with Crippen LogP contribution in [-0.2, 0) is 16.0 Å². The highest BCUT2D eigenvalue weighted by Crippen LogP contribution is 2.17. The monoisotopic (exact) mass is 340 g/mol. The largest absolute Gasteiger partial charge is 0.452 e. The summed E-state index contributed by atoms with van der Waals surface area (Å²) in [5, 5.41) is 3.82. The molecule has 1 amide bonds. The molecule has 0 radical (unpaired) electrons. The van der Waals surface area contributed by atoms with Gasteiger partial charge in [-0.3, -0.25) is 4.79 Å². The van der Waals surface area contributed by atoms with Crippen molar-refractivity contribution in [3.05, 3.63) is 71.7 Å². The molecule has 2 N–H and O–H groups in total. The van der Waals surface area contributed by atoms with Gasteiger partial charge in [-0.2, -0.15) is 0 Å². The van der Waals surface area contributed by atoms with Gasteiger partial charge in [-0.25, -0.2) is 9.18 Å². The van der Waals surface area contributed by atoms with E-state index in [0.717, 1.165) is 22.5 Å². The molecular weight excluding hydrogens is 323 g/mol. The van der Waals surface area contributed by atoms with Gasteiger partial charge in [-0.05, 0) is 36.2 Å². The SMILES string of the molecule is O=C(COC(=O)c1cccc(F)c1)NCCc1c[nH]c2ccccc12. The highest BCUT2D eigenvalue weighted by atomic mass is 19.1. The smallest absolute Gasteiger partial charge is 0.338 e. The Labute approximate surface area is 143 Å². The van der Waals surface area contributed by atoms with E-state index in [9.17, 15) is 14.0 Å². The van der Waals surface area contributed by atoms with Gasteiger partial charge in [0.15, 0.2) is 6.61 Å². The van der Waals surface area contributed by atoms with Gasteiger partial charge in [-0.1, -0.05) is 24.3 Å². The number of nitrogens with one attached hydrogen (secondary N) is 2. The van der Waals surface area contributed by atoms with E-state index in [1.54, 1.807) is 0 Å². The Balaban J connectivity index is 1.44. The van der Waals surface area contributed by atoms with Crippen LogP contribution in [0.25, 0.3) is 10.9 Å². The van der Waals surface area contributed by atoms with Gasteiger partial charge in [0.25, 0.3) is 5.91 Å². The van der Waals surface area contributed by atoms with E-state index in [4.69, 9.17) is 4.74 Å². The molecule has 2 aromatic carbocycles. The lowest BCUT2D eigenvalue weighted by atomic mass is 10.1. The normalized spacial score (nSPS) is 10.6. The second-order valence-electron chi connectivity index (χ2n) is 5.55. The summed E-state index contributed by atoms with van der Waals surface area (Å²) < 4.78 is 17.9. The molecule has 0 bridgehead atoms. The molecule has 3 aromatic rings. The third-order valence-corrected chi connectivity index (χ3v) is 3.79. The number of benzene rings is 2. The molecule has 0 saturated carbocycles. The Morgan fingerprint density at radius 2 is 1.96 bits per heavy atom. The fourth-order valence-corrected chi connectivity index (χ4v) is 2.56. The number of aromatic nitrogens is 1. The number of fused-ring (bicyclic) bond motifs is 1. The van der Waals surface area contributed by atoms with Gasteiger partial charge in [0, 0.05) is 23.6 Å². The highest BCUT2D eigenvalue weighted by molar-refractivity contribution is 5.91. The zero-order chi connectivity index (χ0) is 17.6. The first-order valence-corrected chi connectivity index (χ1v) is 7.88. The van der Waals surface area contributed by atoms with Crippen LogP contribution in [0.2, 0.25) is 0 Å². The molecule has 5 nitrogen and oxygen atoms in total. The third kappa shape index (κ3) is 4.23. The molecule has 0 aliphatic carbocycles. The van der Waals surface area contributed by atoms with Crippen molar-refractivity contribution in [2.45, 2.75) is 6.42 Å². The Morgan fingerprint density at radius 1 is 1.12 bits per heavy atom. The van der Waals surface area contributed by atoms with E-state index in [-0.39, 0.29) is 5.56 Å². The van der Waals surface area contributed by atoms with Crippen molar-refractivity contribution < 1.29 is 18.7 Å². The number of halogens is 1. The van der Waals surface area contributed by atoms with Gasteiger partial charge in [0.05, 0.1) is 5.56 Å². The Hall–Kier alpha value is -3.15. The van der Waals surface area contributed by atoms with Gasteiger partial charge in [-0.15, -0.1) is 0 Å². The molecule has 25 heavy (non-hydrogen) atoms. The van der Waals surface area contributed by atoms with Crippen LogP contribution in [0.5, 0.6) is 0 Å². The first-order chi connectivity index (χ1) is 12.1. The number of hydrogen-bond donors (Lipinski definition) is 2. The summed E-state index contributed by atoms with van der Waals surface area (Å²) in [6, 6.07) is 13.1. The third-order valence-electron chi connectivity index (χ3n) is 3.79. The lowest BCUT2D eigenvalue weighted by Crippen LogP contribution is -2.30. The number of carbonyl (C=O) groups excluding carboxylic acids is 2. The van der Waals surface area contributed by atoms with Crippen LogP contribution < -0.4 is 5.32 Å². The first kappa shape index (κ1) is 16.7. The van der Waals surface area contributed by atoms with Crippen LogP contribution in [0, 0.1) is 5.82 Å². The number of hydrogen-bond acceptors (Lipinski definition) is 3. The number of esters is 1. The molecule has 6 heteroatoms. The van der Waals surface area contributed by atoms with Crippen LogP contribution >= 0.6 is 0 Å². The molecule has 0 spiro atoms. The molecule has 3 rings (SSSR count). The molecule has 0 saturated heterocycles. The standard InChI is InChI=1S/C19H17FN2O3/c20-15-5-3-4-13(10-15)19(24)25-12-18(23)21-9-8-14-11-22-17-7-2-1-6-16(14)17/h1-7,10-11,22H,8-9,12H2,(H,21,23). The average molecular weight is 340 g/mol. The van der Waals surface area contributed by atoms with E-state index in [0.29, 0.717) is 13.0 Å². The number of aromatic amines is 1. The minimum Gasteiger partial charge on any atom is -0.452 e. The number of carbonyl (C=O) groups is 2. The van der Waals surface area contributed by atoms with E-state index >= 15 is 0 Å². The molecule has 0 fully saturated rings. The second kappa shape index (κ2) is 7.61. The van der Waals surface area contributed by atoms with Crippen molar-refractivity contribution in [2.24, 2.45) is 0 Å². The van der Waals surface area contributed by atoms with Crippen LogP contribution in [0.1, 0.15) is 15.9 Å². The van der Waals surface area contributed by atoms with Crippen molar-refractivity contribution in [3.63, 3.8) is 0 Å². The van der Waals surface area contributed by atoms with Gasteiger partial charge >= 0.3 is 5.97 Å². The average Bonchev–Trinajstić information content (AvgIpc) is 3.03. The summed E-state index contributed by atoms with van der Waals surface area (Å²) in [5.41, 5.74) is 2.23. The minimum absolute atomic E-state index is 0.0755. The fourth-order valence-electron chi connectivity index (χ4n) is 2.56. The van der Waals surface area contributed by atoms with Gasteiger partial charge < -0.3 is 15.0 Å². The second-order valence-corrected chi connectivity index (χ2v) is 5.55. The molecule has 0 atom stereocenters. The van der Waals surface area contributed by atoms with Crippen LogP contribution in [0.3, 0.4) is 0 Å². The number of amides is 1. The van der Waals surface area contributed by atoms with E-state index in [1.807, 2.05) is 30.5 Å². The molecule has 1 heterocycles. The number of ether oxygens (including phenoxy) is 1. The quantitative estimate of drug-likeness (QED) is 0.678. The summed E-state index contributed by atoms with van der Waals surface area (Å²) in [5.74, 6) is -1.66. The van der Waals surface area contributed by atoms with Crippen molar-refractivity contribution in [3.8, 4) is 0 Å². The minimum atomic E-state index is -0.730. The molecule has 1 aromatic heterocycles. The first-order valence-electron chi connectivity index (χ1n) is 7.88. The Kier molecular flexibility index (Phi) is 5.09. The Bertz CT molecular complexity index is 904. The number of rotatable bonds is 6. The number of para-hydroxylation sites is 1. The van der Waals surface area contributed by atoms with Crippen molar-refractivity contribution >= 4 is 22.8 Å². The zero-order valence-electron chi connectivity index (χ0n) is 13.4. The molecule has 0 unspecified atom stereocenters. The van der Waals surface area contributed by atoms with Gasteiger partial charge in [0.1, 0.15) is 5.82 Å². The summed E-state index contributed by atoms with van der Waals surface area (Å²) in [6.07, 6.45) is 2.58. The summed E-state index contributed by atoms with van der Waals surface area (Å²) in [6.45, 7) is 0.0292. The molecular formula is C19H17FN2O3. The maximum Gasteiger partial charge on any atom is 0.338 e. The van der Waals surface area contributed by atoms with E-state index in [1.165, 1.54) is 18.2 Å². The predicted octanol–water partition coefficient (Wildman–Crippen LogP) is 2.82. The van der Waals surface area contributed by atoms with Gasteiger partial charge in [0.2, 0.25) is 0 Å². The lowest BCUT2D eigenvalue weighted by Gasteiger charge is -2.06. The van der Waals surface area contributed by atoms with E-state index in [2.05, 4.69) is 10.3 Å². The van der Waals surface area contributed by atoms with Crippen molar-refractivity contribution in [1.82, 2.24) is 10.3 Å². The molecule has 0 aliphatic rings. The maximum atomic E-state index is 13.0. The fraction of sp³-hybridized carbons (Fsp3) is 0.158. The van der Waals surface area contributed by atoms with Crippen LogP contribution in [0.4, 0.5) is 4.39 Å². The molecule has 0 aliphatic heterocycles. The lowest BCUT2D eigenvalue weighted by molar-refractivity contribution is -0.124. The summed E-state index contributed by atoms with van der Waals surface area (Å²) >= 11 is 0. The maximum absolute atomic E-state index is 13.0. The Morgan fingerprint density at radius 3 is 2.80 bits per heavy atom. The van der Waals surface area contributed by atoms with Crippen LogP contribution in [-0.4, -0.2) is 30.0 Å². The number of H-pyrrole nitrogens is 1. The van der Waals surface area contributed by atoms with Crippen LogP contribution in [0.15, 0.2) is 54.7 Å². The predicted molar refractivity (Wildman–Crippen MR) is 91.7 cm³/mol. The zero-order valence-corrected chi connectivity index (χ0v) is 13.4. The highest BCUT2D eigenvalue weighted by Gasteiger charge is 2.11. The van der Waals surface area contributed by atoms with Crippen molar-refractivity contribution in [2.75, 3.05) is 13.2 Å². The summed E-state index contributed by atoms with van der Waals surface area (Å²) in [7, 11) is 0. The molecule has 128 valence electrons. The van der Waals surface area contributed by atoms with Crippen molar-refractivity contribution in [1.29, 1.82) is 0 Å². The summed E-state index contributed by atoms with van der Waals surface area (Å²) in [4.78, 5) is 26.7. The topological polar surface area (TPSA) is 71.2 Å². The van der Waals surface area contributed by atoms with E-state index < -0.39 is 24.3 Å².